The van der Waals surface area contributed by atoms with E-state index in [1.165, 1.54) is 6.33 Å². The van der Waals surface area contributed by atoms with Crippen molar-refractivity contribution in [1.29, 1.82) is 0 Å². The van der Waals surface area contributed by atoms with E-state index in [0.717, 1.165) is 22.2 Å². The third-order valence-corrected chi connectivity index (χ3v) is 4.98. The van der Waals surface area contributed by atoms with E-state index in [1.54, 1.807) is 26.3 Å². The number of esters is 1. The van der Waals surface area contributed by atoms with Crippen LogP contribution in [-0.2, 0) is 11.3 Å². The zero-order valence-electron chi connectivity index (χ0n) is 19.1. The fourth-order valence-electron chi connectivity index (χ4n) is 3.51. The summed E-state index contributed by atoms with van der Waals surface area (Å²) in [5.41, 5.74) is 3.28. The maximum atomic E-state index is 12.2. The van der Waals surface area contributed by atoms with Gasteiger partial charge < -0.3 is 14.8 Å². The number of hydrogen-bond donors (Lipinski definition) is 1. The lowest BCUT2D eigenvalue weighted by Gasteiger charge is -2.11. The second kappa shape index (κ2) is 9.64. The van der Waals surface area contributed by atoms with Gasteiger partial charge in [0.05, 0.1) is 36.9 Å². The Labute approximate surface area is 191 Å². The monoisotopic (exact) mass is 446 g/mol. The average molecular weight is 447 g/mol. The van der Waals surface area contributed by atoms with Crippen molar-refractivity contribution in [3.8, 4) is 17.1 Å². The summed E-state index contributed by atoms with van der Waals surface area (Å²) in [6.45, 7) is 6.66. The van der Waals surface area contributed by atoms with Crippen LogP contribution in [0.5, 0.6) is 5.75 Å². The SMILES string of the molecule is CCOC(=O)c1cc(-c2nn(Cc3ccc(OC)cc3)c3ccnc(NC(C)C)c23)ncn1. The lowest BCUT2D eigenvalue weighted by atomic mass is 10.1. The highest BCUT2D eigenvalue weighted by atomic mass is 16.5. The molecule has 0 aliphatic rings. The van der Waals surface area contributed by atoms with Gasteiger partial charge in [0.2, 0.25) is 0 Å². The fraction of sp³-hybridized carbons (Fsp3) is 0.292. The third kappa shape index (κ3) is 4.77. The minimum absolute atomic E-state index is 0.168. The highest BCUT2D eigenvalue weighted by Crippen LogP contribution is 2.32. The molecule has 1 N–H and O–H groups in total. The van der Waals surface area contributed by atoms with Gasteiger partial charge in [-0.15, -0.1) is 0 Å². The highest BCUT2D eigenvalue weighted by Gasteiger charge is 2.20. The summed E-state index contributed by atoms with van der Waals surface area (Å²) in [7, 11) is 1.64. The smallest absolute Gasteiger partial charge is 0.357 e. The van der Waals surface area contributed by atoms with E-state index in [0.29, 0.717) is 23.8 Å². The quantitative estimate of drug-likeness (QED) is 0.406. The first kappa shape index (κ1) is 22.2. The van der Waals surface area contributed by atoms with Gasteiger partial charge in [-0.1, -0.05) is 12.1 Å². The van der Waals surface area contributed by atoms with Crippen LogP contribution in [0.2, 0.25) is 0 Å². The molecule has 1 aromatic carbocycles. The standard InChI is InChI=1S/C24H26N6O3/c1-5-33-24(31)19-12-18(26-14-27-19)22-21-20(10-11-25-23(21)28-15(2)3)30(29-22)13-16-6-8-17(32-4)9-7-16/h6-12,14-15H,5,13H2,1-4H3,(H,25,28). The number of carbonyl (C=O) groups excluding carboxylic acids is 1. The molecule has 0 amide bonds. The molecule has 33 heavy (non-hydrogen) atoms. The average Bonchev–Trinajstić information content (AvgIpc) is 3.19. The number of carbonyl (C=O) groups is 1. The summed E-state index contributed by atoms with van der Waals surface area (Å²) in [4.78, 5) is 25.2. The van der Waals surface area contributed by atoms with Crippen LogP contribution in [0.4, 0.5) is 5.82 Å². The van der Waals surface area contributed by atoms with Gasteiger partial charge >= 0.3 is 5.97 Å². The van der Waals surface area contributed by atoms with Crippen molar-refractivity contribution in [3.63, 3.8) is 0 Å². The lowest BCUT2D eigenvalue weighted by molar-refractivity contribution is 0.0519. The van der Waals surface area contributed by atoms with Crippen molar-refractivity contribution in [2.75, 3.05) is 19.0 Å². The van der Waals surface area contributed by atoms with Gasteiger partial charge in [0.25, 0.3) is 0 Å². The Morgan fingerprint density at radius 3 is 2.61 bits per heavy atom. The first-order valence-corrected chi connectivity index (χ1v) is 10.7. The summed E-state index contributed by atoms with van der Waals surface area (Å²) >= 11 is 0. The normalized spacial score (nSPS) is 11.1. The lowest BCUT2D eigenvalue weighted by Crippen LogP contribution is -2.11. The molecule has 0 atom stereocenters. The molecule has 0 spiro atoms. The molecular weight excluding hydrogens is 420 g/mol. The van der Waals surface area contributed by atoms with Crippen LogP contribution in [0.15, 0.2) is 48.9 Å². The summed E-state index contributed by atoms with van der Waals surface area (Å²) in [6, 6.07) is 11.5. The molecule has 3 heterocycles. The van der Waals surface area contributed by atoms with E-state index in [4.69, 9.17) is 14.6 Å². The molecule has 9 nitrogen and oxygen atoms in total. The Morgan fingerprint density at radius 1 is 1.12 bits per heavy atom. The molecule has 0 fully saturated rings. The Balaban J connectivity index is 1.84. The van der Waals surface area contributed by atoms with E-state index in [9.17, 15) is 4.79 Å². The largest absolute Gasteiger partial charge is 0.497 e. The van der Waals surface area contributed by atoms with Crippen LogP contribution in [0, 0.1) is 0 Å². The van der Waals surface area contributed by atoms with E-state index >= 15 is 0 Å². The van der Waals surface area contributed by atoms with Crippen molar-refractivity contribution in [2.45, 2.75) is 33.4 Å². The van der Waals surface area contributed by atoms with Gasteiger partial charge in [-0.3, -0.25) is 4.68 Å². The molecule has 170 valence electrons. The first-order chi connectivity index (χ1) is 16.0. The van der Waals surface area contributed by atoms with E-state index < -0.39 is 5.97 Å². The van der Waals surface area contributed by atoms with Crippen LogP contribution >= 0.6 is 0 Å². The van der Waals surface area contributed by atoms with Crippen LogP contribution in [0.1, 0.15) is 36.8 Å². The zero-order chi connectivity index (χ0) is 23.4. The van der Waals surface area contributed by atoms with Crippen molar-refractivity contribution >= 4 is 22.7 Å². The molecule has 4 rings (SSSR count). The van der Waals surface area contributed by atoms with Crippen LogP contribution in [0.3, 0.4) is 0 Å². The number of ether oxygens (including phenoxy) is 2. The van der Waals surface area contributed by atoms with Gasteiger partial charge in [0.15, 0.2) is 5.69 Å². The molecule has 3 aromatic heterocycles. The van der Waals surface area contributed by atoms with Gasteiger partial charge in [-0.05, 0) is 50.6 Å². The maximum Gasteiger partial charge on any atom is 0.357 e. The Kier molecular flexibility index (Phi) is 6.48. The third-order valence-electron chi connectivity index (χ3n) is 4.98. The van der Waals surface area contributed by atoms with Gasteiger partial charge in [0.1, 0.15) is 23.6 Å². The number of methoxy groups -OCH3 is 1. The summed E-state index contributed by atoms with van der Waals surface area (Å²) < 4.78 is 12.3. The summed E-state index contributed by atoms with van der Waals surface area (Å²) in [5.74, 6) is 1.00. The molecule has 0 bridgehead atoms. The zero-order valence-corrected chi connectivity index (χ0v) is 19.1. The minimum atomic E-state index is -0.498. The number of pyridine rings is 1. The number of rotatable bonds is 8. The fourth-order valence-corrected chi connectivity index (χ4v) is 3.51. The van der Waals surface area contributed by atoms with Gasteiger partial charge in [-0.25, -0.2) is 19.7 Å². The van der Waals surface area contributed by atoms with E-state index in [2.05, 4.69) is 20.3 Å². The number of fused-ring (bicyclic) bond motifs is 1. The van der Waals surface area contributed by atoms with Crippen molar-refractivity contribution in [1.82, 2.24) is 24.7 Å². The number of aromatic nitrogens is 5. The molecule has 0 aliphatic carbocycles. The van der Waals surface area contributed by atoms with Crippen LogP contribution in [-0.4, -0.2) is 50.5 Å². The Bertz CT molecular complexity index is 1270. The molecule has 4 aromatic rings. The van der Waals surface area contributed by atoms with Gasteiger partial charge in [-0.2, -0.15) is 5.10 Å². The molecule has 9 heteroatoms. The minimum Gasteiger partial charge on any atom is -0.497 e. The van der Waals surface area contributed by atoms with Crippen molar-refractivity contribution in [2.24, 2.45) is 0 Å². The van der Waals surface area contributed by atoms with E-state index in [-0.39, 0.29) is 18.3 Å². The molecule has 0 unspecified atom stereocenters. The number of nitrogens with zero attached hydrogens (tertiary/aromatic N) is 5. The number of nitrogens with one attached hydrogen (secondary N) is 1. The molecular formula is C24H26N6O3. The van der Waals surface area contributed by atoms with E-state index in [1.807, 2.05) is 48.9 Å². The molecule has 0 saturated heterocycles. The van der Waals surface area contributed by atoms with Crippen LogP contribution in [0.25, 0.3) is 22.3 Å². The Hall–Kier alpha value is -4.01. The maximum absolute atomic E-state index is 12.2. The second-order valence-corrected chi connectivity index (χ2v) is 7.72. The van der Waals surface area contributed by atoms with Crippen molar-refractivity contribution in [3.05, 3.63) is 60.2 Å². The summed E-state index contributed by atoms with van der Waals surface area (Å²) in [5, 5.41) is 9.09. The molecule has 0 aliphatic heterocycles. The second-order valence-electron chi connectivity index (χ2n) is 7.72. The molecule has 0 radical (unpaired) electrons. The number of hydrogen-bond acceptors (Lipinski definition) is 8. The number of benzene rings is 1. The first-order valence-electron chi connectivity index (χ1n) is 10.7. The van der Waals surface area contributed by atoms with Crippen LogP contribution < -0.4 is 10.1 Å². The summed E-state index contributed by atoms with van der Waals surface area (Å²) in [6.07, 6.45) is 3.11. The Morgan fingerprint density at radius 2 is 1.91 bits per heavy atom. The number of anilines is 1. The highest BCUT2D eigenvalue weighted by molar-refractivity contribution is 6.01. The van der Waals surface area contributed by atoms with Crippen molar-refractivity contribution < 1.29 is 14.3 Å². The molecule has 0 saturated carbocycles. The topological polar surface area (TPSA) is 104 Å². The predicted octanol–water partition coefficient (Wildman–Crippen LogP) is 3.94. The predicted molar refractivity (Wildman–Crippen MR) is 125 cm³/mol. The van der Waals surface area contributed by atoms with Gasteiger partial charge in [0, 0.05) is 12.2 Å².